The molecule has 0 fully saturated rings. The molecule has 125 valence electrons. The topological polar surface area (TPSA) is 20.2 Å². The van der Waals surface area contributed by atoms with E-state index in [0.717, 1.165) is 0 Å². The van der Waals surface area contributed by atoms with Gasteiger partial charge in [-0.25, -0.2) is 0 Å². The van der Waals surface area contributed by atoms with Crippen LogP contribution in [0.15, 0.2) is 11.6 Å². The molecule has 0 amide bonds. The van der Waals surface area contributed by atoms with Gasteiger partial charge in [0, 0.05) is 0 Å². The quantitative estimate of drug-likeness (QED) is 0.343. The maximum atomic E-state index is 9.07. The fraction of sp³-hybridized carbons (Fsp3) is 0.850. The van der Waals surface area contributed by atoms with Crippen LogP contribution in [0.3, 0.4) is 0 Å². The van der Waals surface area contributed by atoms with Gasteiger partial charge in [-0.2, -0.15) is 0 Å². The molecule has 1 atom stereocenters. The second-order valence-electron chi connectivity index (χ2n) is 6.42. The molecule has 0 saturated heterocycles. The summed E-state index contributed by atoms with van der Waals surface area (Å²) in [4.78, 5) is 0. The molecule has 0 aromatic heterocycles. The first-order valence-electron chi connectivity index (χ1n) is 9.39. The molecule has 0 bridgehead atoms. The molecule has 1 nitrogen and oxygen atoms in total. The van der Waals surface area contributed by atoms with Crippen LogP contribution in [-0.4, -0.2) is 11.7 Å². The molecule has 0 saturated carbocycles. The molecule has 1 unspecified atom stereocenters. The highest BCUT2D eigenvalue weighted by Gasteiger charge is 2.10. The molecule has 0 aliphatic heterocycles. The molecule has 1 N–H and O–H groups in total. The van der Waals surface area contributed by atoms with E-state index < -0.39 is 0 Å². The highest BCUT2D eigenvalue weighted by atomic mass is 16.2. The normalized spacial score (nSPS) is 13.6. The van der Waals surface area contributed by atoms with E-state index >= 15 is 0 Å². The van der Waals surface area contributed by atoms with Crippen molar-refractivity contribution in [3.05, 3.63) is 18.6 Å². The third kappa shape index (κ3) is 13.1. The molecule has 0 aromatic carbocycles. The van der Waals surface area contributed by atoms with E-state index in [0.29, 0.717) is 5.92 Å². The first kappa shape index (κ1) is 20.7. The maximum Gasteiger partial charge on any atom is 0.0615 e. The van der Waals surface area contributed by atoms with Gasteiger partial charge < -0.3 is 5.11 Å². The zero-order valence-electron chi connectivity index (χ0n) is 14.7. The van der Waals surface area contributed by atoms with Crippen LogP contribution >= 0.6 is 0 Å². The lowest BCUT2D eigenvalue weighted by Gasteiger charge is -2.18. The Bertz CT molecular complexity index is 232. The fourth-order valence-corrected chi connectivity index (χ4v) is 2.96. The number of unbranched alkanes of at least 4 members (excludes halogenated alkanes) is 9. The van der Waals surface area contributed by atoms with Crippen molar-refractivity contribution in [2.24, 2.45) is 5.92 Å². The number of hydrogen-bond donors (Lipinski definition) is 1. The van der Waals surface area contributed by atoms with E-state index in [2.05, 4.69) is 20.8 Å². The Hall–Kier alpha value is -0.300. The van der Waals surface area contributed by atoms with Crippen LogP contribution in [0.1, 0.15) is 97.3 Å². The molecule has 0 aliphatic carbocycles. The van der Waals surface area contributed by atoms with E-state index in [1.165, 1.54) is 89.0 Å². The first-order valence-corrected chi connectivity index (χ1v) is 9.39. The minimum absolute atomic E-state index is 0.140. The van der Waals surface area contributed by atoms with Gasteiger partial charge in [-0.1, -0.05) is 96.1 Å². The van der Waals surface area contributed by atoms with Crippen LogP contribution in [-0.2, 0) is 0 Å². The molecule has 0 heterocycles. The highest BCUT2D eigenvalue weighted by molar-refractivity contribution is 5.10. The van der Waals surface area contributed by atoms with Crippen LogP contribution < -0.4 is 0 Å². The average Bonchev–Trinajstić information content (AvgIpc) is 2.48. The number of aliphatic hydroxyl groups is 1. The monoisotopic (exact) mass is 295 g/mol. The number of rotatable bonds is 15. The van der Waals surface area contributed by atoms with E-state index in [1.807, 2.05) is 6.08 Å². The summed E-state index contributed by atoms with van der Waals surface area (Å²) < 4.78 is 0. The summed E-state index contributed by atoms with van der Waals surface area (Å²) in [6.45, 7) is 8.84. The molecule has 1 heteroatoms. The summed E-state index contributed by atoms with van der Waals surface area (Å²) in [7, 11) is 0. The molecular formula is C20H39O. The Labute approximate surface area is 134 Å². The Morgan fingerprint density at radius 2 is 1.24 bits per heavy atom. The summed E-state index contributed by atoms with van der Waals surface area (Å²) in [6.07, 6.45) is 19.3. The van der Waals surface area contributed by atoms with Gasteiger partial charge in [0.1, 0.15) is 0 Å². The van der Waals surface area contributed by atoms with Crippen molar-refractivity contribution in [1.29, 1.82) is 0 Å². The summed E-state index contributed by atoms with van der Waals surface area (Å²) >= 11 is 0. The lowest BCUT2D eigenvalue weighted by molar-refractivity contribution is 0.339. The Morgan fingerprint density at radius 3 is 1.71 bits per heavy atom. The van der Waals surface area contributed by atoms with Gasteiger partial charge in [0.25, 0.3) is 0 Å². The molecule has 0 rings (SSSR count). The summed E-state index contributed by atoms with van der Waals surface area (Å²) in [5, 5.41) is 9.07. The summed E-state index contributed by atoms with van der Waals surface area (Å²) in [5.41, 5.74) is 1.17. The van der Waals surface area contributed by atoms with Gasteiger partial charge >= 0.3 is 0 Å². The minimum Gasteiger partial charge on any atom is -0.392 e. The largest absolute Gasteiger partial charge is 0.392 e. The van der Waals surface area contributed by atoms with Crippen molar-refractivity contribution >= 4 is 0 Å². The van der Waals surface area contributed by atoms with E-state index in [9.17, 15) is 0 Å². The van der Waals surface area contributed by atoms with Crippen LogP contribution in [0.2, 0.25) is 0 Å². The highest BCUT2D eigenvalue weighted by Crippen LogP contribution is 2.25. The van der Waals surface area contributed by atoms with Gasteiger partial charge in [-0.15, -0.1) is 0 Å². The number of aliphatic hydroxyl groups excluding tert-OH is 1. The predicted octanol–water partition coefficient (Wildman–Crippen LogP) is 6.47. The van der Waals surface area contributed by atoms with Crippen molar-refractivity contribution in [1.82, 2.24) is 0 Å². The molecule has 0 spiro atoms. The van der Waals surface area contributed by atoms with Crippen LogP contribution in [0.4, 0.5) is 0 Å². The molecule has 21 heavy (non-hydrogen) atoms. The summed E-state index contributed by atoms with van der Waals surface area (Å²) in [5.74, 6) is 0.602. The minimum atomic E-state index is 0.140. The standard InChI is InChI=1S/C20H39O/c1-4-6-8-10-11-12-14-16-20(19(3)17-18-21)15-13-9-7-5-2/h17,20-21H,3-16,18H2,1-2H3. The third-order valence-corrected chi connectivity index (χ3v) is 4.44. The van der Waals surface area contributed by atoms with Gasteiger partial charge in [-0.3, -0.25) is 0 Å². The number of allylic oxidation sites excluding steroid dienone is 1. The van der Waals surface area contributed by atoms with Crippen molar-refractivity contribution in [3.63, 3.8) is 0 Å². The predicted molar refractivity (Wildman–Crippen MR) is 95.4 cm³/mol. The lowest BCUT2D eigenvalue weighted by atomic mass is 9.88. The molecular weight excluding hydrogens is 256 g/mol. The summed E-state index contributed by atoms with van der Waals surface area (Å²) in [6, 6.07) is 0. The van der Waals surface area contributed by atoms with Gasteiger partial charge in [0.15, 0.2) is 0 Å². The van der Waals surface area contributed by atoms with E-state index in [-0.39, 0.29) is 6.61 Å². The van der Waals surface area contributed by atoms with Crippen LogP contribution in [0.5, 0.6) is 0 Å². The van der Waals surface area contributed by atoms with Crippen molar-refractivity contribution < 1.29 is 5.11 Å². The smallest absolute Gasteiger partial charge is 0.0615 e. The lowest BCUT2D eigenvalue weighted by Crippen LogP contribution is -2.04. The third-order valence-electron chi connectivity index (χ3n) is 4.44. The zero-order chi connectivity index (χ0) is 15.8. The Balaban J connectivity index is 3.85. The Kier molecular flexibility index (Phi) is 15.8. The molecule has 1 radical (unpaired) electrons. The van der Waals surface area contributed by atoms with Crippen molar-refractivity contribution in [3.8, 4) is 0 Å². The van der Waals surface area contributed by atoms with Crippen LogP contribution in [0.25, 0.3) is 0 Å². The second kappa shape index (κ2) is 16.1. The number of hydrogen-bond acceptors (Lipinski definition) is 1. The van der Waals surface area contributed by atoms with Crippen molar-refractivity contribution in [2.75, 3.05) is 6.61 Å². The van der Waals surface area contributed by atoms with E-state index in [4.69, 9.17) is 5.11 Å². The zero-order valence-corrected chi connectivity index (χ0v) is 14.7. The second-order valence-corrected chi connectivity index (χ2v) is 6.42. The van der Waals surface area contributed by atoms with E-state index in [1.54, 1.807) is 0 Å². The molecule has 0 aromatic rings. The average molecular weight is 296 g/mol. The molecule has 0 aliphatic rings. The maximum absolute atomic E-state index is 9.07. The SMILES string of the molecule is [CH2]C(=CCO)C(CCCCCC)CCCCCCCCC. The Morgan fingerprint density at radius 1 is 0.810 bits per heavy atom. The van der Waals surface area contributed by atoms with Gasteiger partial charge in [0.05, 0.1) is 6.61 Å². The van der Waals surface area contributed by atoms with Crippen LogP contribution in [0, 0.1) is 12.8 Å². The van der Waals surface area contributed by atoms with Crippen molar-refractivity contribution in [2.45, 2.75) is 97.3 Å². The first-order chi connectivity index (χ1) is 10.3. The van der Waals surface area contributed by atoms with Gasteiger partial charge in [0.2, 0.25) is 0 Å². The van der Waals surface area contributed by atoms with Gasteiger partial charge in [-0.05, 0) is 25.7 Å². The fourth-order valence-electron chi connectivity index (χ4n) is 2.96.